The number of hydrogen-bond acceptors (Lipinski definition) is 2. The predicted molar refractivity (Wildman–Crippen MR) is 112 cm³/mol. The lowest BCUT2D eigenvalue weighted by molar-refractivity contribution is -0.159. The van der Waals surface area contributed by atoms with E-state index in [0.29, 0.717) is 30.2 Å². The fourth-order valence-electron chi connectivity index (χ4n) is 8.04. The van der Waals surface area contributed by atoms with Gasteiger partial charge in [-0.25, -0.2) is 0 Å². The molecule has 4 nitrogen and oxygen atoms in total. The van der Waals surface area contributed by atoms with E-state index in [1.54, 1.807) is 0 Å². The summed E-state index contributed by atoms with van der Waals surface area (Å²) in [5.74, 6) is 2.89. The maximum absolute atomic E-state index is 13.1. The molecule has 0 aromatic heterocycles. The van der Waals surface area contributed by atoms with Gasteiger partial charge in [0, 0.05) is 31.0 Å². The topological polar surface area (TPSA) is 49.4 Å². The Kier molecular flexibility index (Phi) is 4.67. The number of fused-ring (bicyclic) bond motifs is 5. The SMILES string of the molecule is CN1C(=O)CC[C@@]2(C)C1CC[C@H]1[C@@H]3CC[C@H](C(=O)NC(C)(C)C)[C@@]3(C)CC[C@@H]12. The van der Waals surface area contributed by atoms with Gasteiger partial charge in [-0.1, -0.05) is 13.8 Å². The lowest BCUT2D eigenvalue weighted by Gasteiger charge is -2.61. The first-order valence-corrected chi connectivity index (χ1v) is 11.5. The van der Waals surface area contributed by atoms with Crippen LogP contribution in [0, 0.1) is 34.5 Å². The number of nitrogens with zero attached hydrogens (tertiary/aromatic N) is 1. The molecule has 28 heavy (non-hydrogen) atoms. The van der Waals surface area contributed by atoms with Crippen LogP contribution in [-0.4, -0.2) is 35.3 Å². The molecule has 1 saturated heterocycles. The summed E-state index contributed by atoms with van der Waals surface area (Å²) in [6.45, 7) is 11.1. The number of amides is 2. The summed E-state index contributed by atoms with van der Waals surface area (Å²) in [6, 6.07) is 0.417. The number of carbonyl (C=O) groups is 2. The van der Waals surface area contributed by atoms with Gasteiger partial charge in [0.2, 0.25) is 11.8 Å². The Morgan fingerprint density at radius 2 is 1.68 bits per heavy atom. The molecule has 1 N–H and O–H groups in total. The van der Waals surface area contributed by atoms with Crippen LogP contribution in [0.15, 0.2) is 0 Å². The van der Waals surface area contributed by atoms with Crippen molar-refractivity contribution in [3.63, 3.8) is 0 Å². The van der Waals surface area contributed by atoms with Crippen molar-refractivity contribution >= 4 is 11.8 Å². The molecule has 3 aliphatic carbocycles. The van der Waals surface area contributed by atoms with Crippen molar-refractivity contribution in [2.24, 2.45) is 34.5 Å². The van der Waals surface area contributed by atoms with E-state index in [1.807, 2.05) is 7.05 Å². The first-order valence-electron chi connectivity index (χ1n) is 11.5. The molecule has 1 aliphatic heterocycles. The number of piperidine rings is 1. The van der Waals surface area contributed by atoms with E-state index in [9.17, 15) is 9.59 Å². The molecule has 4 rings (SSSR count). The first kappa shape index (κ1) is 20.2. The highest BCUT2D eigenvalue weighted by Crippen LogP contribution is 2.66. The molecule has 3 saturated carbocycles. The third-order valence-electron chi connectivity index (χ3n) is 9.37. The van der Waals surface area contributed by atoms with Crippen molar-refractivity contribution in [3.05, 3.63) is 0 Å². The van der Waals surface area contributed by atoms with Crippen molar-refractivity contribution in [1.82, 2.24) is 10.2 Å². The second kappa shape index (κ2) is 6.47. The van der Waals surface area contributed by atoms with Crippen LogP contribution in [0.25, 0.3) is 0 Å². The van der Waals surface area contributed by atoms with Crippen molar-refractivity contribution in [2.45, 2.75) is 97.6 Å². The lowest BCUT2D eigenvalue weighted by Crippen LogP contribution is -2.61. The van der Waals surface area contributed by atoms with Gasteiger partial charge in [0.1, 0.15) is 0 Å². The number of rotatable bonds is 1. The Morgan fingerprint density at radius 3 is 2.36 bits per heavy atom. The molecule has 7 atom stereocenters. The van der Waals surface area contributed by atoms with Gasteiger partial charge in [-0.05, 0) is 94.3 Å². The lowest BCUT2D eigenvalue weighted by atomic mass is 9.47. The minimum Gasteiger partial charge on any atom is -0.351 e. The van der Waals surface area contributed by atoms with Gasteiger partial charge >= 0.3 is 0 Å². The molecule has 1 unspecified atom stereocenters. The average molecular weight is 389 g/mol. The van der Waals surface area contributed by atoms with Crippen molar-refractivity contribution < 1.29 is 9.59 Å². The zero-order valence-corrected chi connectivity index (χ0v) is 18.8. The monoisotopic (exact) mass is 388 g/mol. The van der Waals surface area contributed by atoms with Crippen LogP contribution in [-0.2, 0) is 9.59 Å². The molecular weight excluding hydrogens is 348 g/mol. The van der Waals surface area contributed by atoms with E-state index in [0.717, 1.165) is 25.2 Å². The highest BCUT2D eigenvalue weighted by atomic mass is 16.2. The normalized spacial score (nSPS) is 45.9. The van der Waals surface area contributed by atoms with Gasteiger partial charge in [-0.3, -0.25) is 9.59 Å². The molecule has 0 aromatic rings. The van der Waals surface area contributed by atoms with E-state index < -0.39 is 0 Å². The van der Waals surface area contributed by atoms with Crippen LogP contribution in [0.4, 0.5) is 0 Å². The zero-order chi connectivity index (χ0) is 20.5. The summed E-state index contributed by atoms with van der Waals surface area (Å²) in [5, 5.41) is 3.27. The Morgan fingerprint density at radius 1 is 1.00 bits per heavy atom. The van der Waals surface area contributed by atoms with Gasteiger partial charge in [0.15, 0.2) is 0 Å². The van der Waals surface area contributed by atoms with Gasteiger partial charge < -0.3 is 10.2 Å². The summed E-state index contributed by atoms with van der Waals surface area (Å²) >= 11 is 0. The maximum atomic E-state index is 13.1. The Labute approximate surface area is 171 Å². The van der Waals surface area contributed by atoms with Crippen molar-refractivity contribution in [1.29, 1.82) is 0 Å². The minimum absolute atomic E-state index is 0.149. The molecule has 1 heterocycles. The summed E-state index contributed by atoms with van der Waals surface area (Å²) in [5.41, 5.74) is 0.252. The molecule has 0 aromatic carbocycles. The molecule has 2 amide bonds. The molecule has 0 spiro atoms. The van der Waals surface area contributed by atoms with E-state index in [2.05, 4.69) is 44.8 Å². The molecule has 0 bridgehead atoms. The van der Waals surface area contributed by atoms with Crippen LogP contribution in [0.1, 0.15) is 86.0 Å². The third-order valence-corrected chi connectivity index (χ3v) is 9.37. The van der Waals surface area contributed by atoms with Crippen molar-refractivity contribution in [2.75, 3.05) is 7.05 Å². The minimum atomic E-state index is -0.159. The zero-order valence-electron chi connectivity index (χ0n) is 18.8. The maximum Gasteiger partial charge on any atom is 0.224 e. The van der Waals surface area contributed by atoms with Crippen molar-refractivity contribution in [3.8, 4) is 0 Å². The van der Waals surface area contributed by atoms with E-state index in [-0.39, 0.29) is 28.2 Å². The fourth-order valence-corrected chi connectivity index (χ4v) is 8.04. The van der Waals surface area contributed by atoms with E-state index in [1.165, 1.54) is 25.7 Å². The molecule has 4 aliphatic rings. The fraction of sp³-hybridized carbons (Fsp3) is 0.917. The predicted octanol–water partition coefficient (Wildman–Crippen LogP) is 4.38. The Bertz CT molecular complexity index is 668. The average Bonchev–Trinajstić information content (AvgIpc) is 2.94. The van der Waals surface area contributed by atoms with Crippen LogP contribution in [0.5, 0.6) is 0 Å². The second-order valence-corrected chi connectivity index (χ2v) is 11.9. The quantitative estimate of drug-likeness (QED) is 0.725. The molecule has 158 valence electrons. The summed E-state index contributed by atoms with van der Waals surface area (Å²) in [6.07, 6.45) is 8.79. The second-order valence-electron chi connectivity index (χ2n) is 11.9. The standard InChI is InChI=1S/C24H40N2O2/c1-22(2,3)25-21(28)18-9-8-16-15-7-10-19-24(5,14-12-20(27)26(19)6)17(15)11-13-23(16,18)4/h15-19H,7-14H2,1-6H3,(H,25,28)/t15-,16-,17-,18+,19?,23-,24+/m0/s1. The van der Waals surface area contributed by atoms with Crippen LogP contribution in [0.3, 0.4) is 0 Å². The number of likely N-dealkylation sites (tertiary alicyclic amines) is 1. The number of nitrogens with one attached hydrogen (secondary N) is 1. The highest BCUT2D eigenvalue weighted by Gasteiger charge is 2.62. The van der Waals surface area contributed by atoms with E-state index in [4.69, 9.17) is 0 Å². The largest absolute Gasteiger partial charge is 0.351 e. The molecule has 4 fully saturated rings. The Hall–Kier alpha value is -1.06. The smallest absolute Gasteiger partial charge is 0.224 e. The van der Waals surface area contributed by atoms with Gasteiger partial charge in [0.25, 0.3) is 0 Å². The van der Waals surface area contributed by atoms with Crippen LogP contribution in [0.2, 0.25) is 0 Å². The van der Waals surface area contributed by atoms with Gasteiger partial charge in [-0.2, -0.15) is 0 Å². The third kappa shape index (κ3) is 2.92. The van der Waals surface area contributed by atoms with E-state index >= 15 is 0 Å². The number of hydrogen-bond donors (Lipinski definition) is 1. The molecule has 0 radical (unpaired) electrons. The molecule has 4 heteroatoms. The Balaban J connectivity index is 1.57. The summed E-state index contributed by atoms with van der Waals surface area (Å²) in [4.78, 5) is 27.5. The molecular formula is C24H40N2O2. The summed E-state index contributed by atoms with van der Waals surface area (Å²) in [7, 11) is 2.03. The van der Waals surface area contributed by atoms with Crippen LogP contribution >= 0.6 is 0 Å². The first-order chi connectivity index (χ1) is 13.0. The van der Waals surface area contributed by atoms with Gasteiger partial charge in [0.05, 0.1) is 0 Å². The van der Waals surface area contributed by atoms with Crippen LogP contribution < -0.4 is 5.32 Å². The number of carbonyl (C=O) groups excluding carboxylic acids is 2. The highest BCUT2D eigenvalue weighted by molar-refractivity contribution is 5.80. The summed E-state index contributed by atoms with van der Waals surface area (Å²) < 4.78 is 0. The van der Waals surface area contributed by atoms with Gasteiger partial charge in [-0.15, -0.1) is 0 Å².